The Morgan fingerprint density at radius 2 is 1.93 bits per heavy atom. The Kier molecular flexibility index (Phi) is 5.81. The number of rotatable bonds is 4. The highest BCUT2D eigenvalue weighted by atomic mass is 35.5. The molecule has 1 atom stereocenters. The van der Waals surface area contributed by atoms with E-state index in [4.69, 9.17) is 21.3 Å². The van der Waals surface area contributed by atoms with Crippen molar-refractivity contribution in [3.05, 3.63) is 58.6 Å². The van der Waals surface area contributed by atoms with Gasteiger partial charge in [-0.15, -0.1) is 0 Å². The molecule has 2 heterocycles. The van der Waals surface area contributed by atoms with Crippen molar-refractivity contribution in [1.82, 2.24) is 10.2 Å². The van der Waals surface area contributed by atoms with Gasteiger partial charge in [-0.3, -0.25) is 10.3 Å². The van der Waals surface area contributed by atoms with Crippen LogP contribution in [0.25, 0.3) is 0 Å². The van der Waals surface area contributed by atoms with E-state index in [-0.39, 0.29) is 17.5 Å². The smallest absolute Gasteiger partial charge is 0.120 e. The van der Waals surface area contributed by atoms with Crippen LogP contribution in [0.4, 0.5) is 0 Å². The van der Waals surface area contributed by atoms with Crippen molar-refractivity contribution >= 4 is 17.3 Å². The summed E-state index contributed by atoms with van der Waals surface area (Å²) < 4.78 is 5.58. The minimum atomic E-state index is -0.321. The Morgan fingerprint density at radius 3 is 2.62 bits per heavy atom. The van der Waals surface area contributed by atoms with Gasteiger partial charge in [-0.1, -0.05) is 11.6 Å². The van der Waals surface area contributed by atoms with E-state index in [9.17, 15) is 5.11 Å². The number of benzene rings is 2. The third-order valence-corrected chi connectivity index (χ3v) is 6.10. The van der Waals surface area contributed by atoms with E-state index in [1.54, 1.807) is 12.1 Å². The van der Waals surface area contributed by atoms with Crippen LogP contribution in [0, 0.1) is 0 Å². The van der Waals surface area contributed by atoms with E-state index in [1.807, 2.05) is 25.1 Å². The van der Waals surface area contributed by atoms with E-state index in [0.717, 1.165) is 48.5 Å². The van der Waals surface area contributed by atoms with Gasteiger partial charge in [0.15, 0.2) is 0 Å². The van der Waals surface area contributed by atoms with Crippen LogP contribution in [0.2, 0.25) is 5.02 Å². The normalized spacial score (nSPS) is 21.8. The summed E-state index contributed by atoms with van der Waals surface area (Å²) in [6.45, 7) is 4.61. The van der Waals surface area contributed by atoms with Crippen molar-refractivity contribution in [2.75, 3.05) is 26.7 Å². The number of hydrogen-bond donors (Lipinski definition) is 2. The summed E-state index contributed by atoms with van der Waals surface area (Å²) in [5.74, 6) is 1.13. The van der Waals surface area contributed by atoms with E-state index < -0.39 is 0 Å². The number of likely N-dealkylation sites (tertiary alicyclic amines) is 1. The van der Waals surface area contributed by atoms with Crippen LogP contribution in [-0.4, -0.2) is 48.1 Å². The minimum absolute atomic E-state index is 0.0452. The minimum Gasteiger partial charge on any atom is -0.508 e. The first-order valence-electron chi connectivity index (χ1n) is 10.2. The average Bonchev–Trinajstić information content (AvgIpc) is 2.73. The molecule has 0 amide bonds. The van der Waals surface area contributed by atoms with Gasteiger partial charge in [0.25, 0.3) is 0 Å². The largest absolute Gasteiger partial charge is 0.508 e. The summed E-state index contributed by atoms with van der Waals surface area (Å²) in [5.41, 5.74) is 2.66. The summed E-state index contributed by atoms with van der Waals surface area (Å²) in [5, 5.41) is 14.9. The van der Waals surface area contributed by atoms with Crippen LogP contribution < -0.4 is 10.1 Å². The van der Waals surface area contributed by atoms with Crippen molar-refractivity contribution in [2.24, 2.45) is 4.99 Å². The fourth-order valence-electron chi connectivity index (χ4n) is 4.23. The third-order valence-electron chi connectivity index (χ3n) is 5.87. The Bertz CT molecular complexity index is 889. The predicted octanol–water partition coefficient (Wildman–Crippen LogP) is 4.39. The summed E-state index contributed by atoms with van der Waals surface area (Å²) in [7, 11) is 2.15. The summed E-state index contributed by atoms with van der Waals surface area (Å²) in [6, 6.07) is 13.3. The number of piperidine rings is 1. The Morgan fingerprint density at radius 1 is 1.21 bits per heavy atom. The van der Waals surface area contributed by atoms with Crippen molar-refractivity contribution in [1.29, 1.82) is 0 Å². The number of nitrogens with one attached hydrogen (secondary N) is 1. The third kappa shape index (κ3) is 4.42. The second-order valence-corrected chi connectivity index (χ2v) is 8.39. The van der Waals surface area contributed by atoms with Crippen LogP contribution >= 0.6 is 11.6 Å². The van der Waals surface area contributed by atoms with Gasteiger partial charge in [-0.05, 0) is 74.8 Å². The van der Waals surface area contributed by atoms with Gasteiger partial charge < -0.3 is 14.7 Å². The molecule has 1 fully saturated rings. The SMILES string of the molecule is CCOc1ccc(C2=NC3(CCN(C)CC3)N[C@H](c3cc(Cl)ccc3O)C2)cc1. The molecule has 0 bridgehead atoms. The maximum atomic E-state index is 10.5. The fraction of sp³-hybridized carbons (Fsp3) is 0.435. The molecule has 2 aliphatic heterocycles. The van der Waals surface area contributed by atoms with Gasteiger partial charge in [0.05, 0.1) is 6.61 Å². The van der Waals surface area contributed by atoms with Crippen molar-refractivity contribution in [2.45, 2.75) is 37.9 Å². The first-order chi connectivity index (χ1) is 14.0. The van der Waals surface area contributed by atoms with Gasteiger partial charge in [-0.25, -0.2) is 0 Å². The lowest BCUT2D eigenvalue weighted by Crippen LogP contribution is -2.55. The maximum Gasteiger partial charge on any atom is 0.120 e. The van der Waals surface area contributed by atoms with Gasteiger partial charge in [-0.2, -0.15) is 0 Å². The zero-order valence-corrected chi connectivity index (χ0v) is 17.7. The molecule has 0 radical (unpaired) electrons. The van der Waals surface area contributed by atoms with Crippen LogP contribution in [0.15, 0.2) is 47.5 Å². The lowest BCUT2D eigenvalue weighted by atomic mass is 9.87. The number of phenols is 1. The maximum absolute atomic E-state index is 10.5. The van der Waals surface area contributed by atoms with Crippen LogP contribution in [0.3, 0.4) is 0 Å². The van der Waals surface area contributed by atoms with Crippen molar-refractivity contribution < 1.29 is 9.84 Å². The molecule has 2 N–H and O–H groups in total. The molecule has 2 aromatic rings. The van der Waals surface area contributed by atoms with Crippen LogP contribution in [-0.2, 0) is 0 Å². The first kappa shape index (κ1) is 20.2. The highest BCUT2D eigenvalue weighted by Gasteiger charge is 2.40. The number of phenolic OH excluding ortho intramolecular Hbond substituents is 1. The molecule has 154 valence electrons. The molecule has 2 aromatic carbocycles. The highest BCUT2D eigenvalue weighted by Crippen LogP contribution is 2.38. The second-order valence-electron chi connectivity index (χ2n) is 7.95. The van der Waals surface area contributed by atoms with Crippen molar-refractivity contribution in [3.8, 4) is 11.5 Å². The van der Waals surface area contributed by atoms with E-state index in [2.05, 4.69) is 29.4 Å². The van der Waals surface area contributed by atoms with Gasteiger partial charge >= 0.3 is 0 Å². The molecular weight excluding hydrogens is 386 g/mol. The molecule has 0 aromatic heterocycles. The summed E-state index contributed by atoms with van der Waals surface area (Å²) >= 11 is 6.24. The molecule has 1 spiro atoms. The molecule has 0 aliphatic carbocycles. The number of hydrogen-bond acceptors (Lipinski definition) is 5. The van der Waals surface area contributed by atoms with Gasteiger partial charge in [0.1, 0.15) is 17.2 Å². The molecule has 0 saturated carbocycles. The van der Waals surface area contributed by atoms with Crippen LogP contribution in [0.1, 0.15) is 43.4 Å². The molecule has 6 heteroatoms. The predicted molar refractivity (Wildman–Crippen MR) is 117 cm³/mol. The standard InChI is InChI=1S/C23H28ClN3O2/c1-3-29-18-7-4-16(5-8-18)20-15-21(19-14-17(24)6-9-22(19)28)26-23(25-20)10-12-27(2)13-11-23/h4-9,14,21,26,28H,3,10-13,15H2,1-2H3/t21-/m0/s1. The average molecular weight is 414 g/mol. The Labute approximate surface area is 177 Å². The second kappa shape index (κ2) is 8.34. The van der Waals surface area contributed by atoms with E-state index in [1.165, 1.54) is 0 Å². The number of ether oxygens (including phenoxy) is 1. The number of nitrogens with zero attached hydrogens (tertiary/aromatic N) is 2. The van der Waals surface area contributed by atoms with Gasteiger partial charge in [0, 0.05) is 41.8 Å². The zero-order valence-electron chi connectivity index (χ0n) is 17.0. The van der Waals surface area contributed by atoms with Gasteiger partial charge in [0.2, 0.25) is 0 Å². The lowest BCUT2D eigenvalue weighted by molar-refractivity contribution is 0.144. The highest BCUT2D eigenvalue weighted by molar-refractivity contribution is 6.30. The molecule has 29 heavy (non-hydrogen) atoms. The van der Waals surface area contributed by atoms with Crippen molar-refractivity contribution in [3.63, 3.8) is 0 Å². The molecule has 0 unspecified atom stereocenters. The number of aliphatic imine (C=N–C) groups is 1. The Balaban J connectivity index is 1.70. The summed E-state index contributed by atoms with van der Waals surface area (Å²) in [6.07, 6.45) is 2.56. The molecule has 2 aliphatic rings. The molecule has 5 nitrogen and oxygen atoms in total. The number of halogens is 1. The monoisotopic (exact) mass is 413 g/mol. The molecule has 1 saturated heterocycles. The summed E-state index contributed by atoms with van der Waals surface area (Å²) in [4.78, 5) is 7.54. The van der Waals surface area contributed by atoms with Crippen LogP contribution in [0.5, 0.6) is 11.5 Å². The topological polar surface area (TPSA) is 57.1 Å². The lowest BCUT2D eigenvalue weighted by Gasteiger charge is -2.44. The molecule has 4 rings (SSSR count). The molecular formula is C23H28ClN3O2. The number of aromatic hydroxyl groups is 1. The first-order valence-corrected chi connectivity index (χ1v) is 10.6. The zero-order chi connectivity index (χ0) is 20.4. The van der Waals surface area contributed by atoms with E-state index >= 15 is 0 Å². The Hall–Kier alpha value is -2.08. The quantitative estimate of drug-likeness (QED) is 0.780. The fourth-order valence-corrected chi connectivity index (χ4v) is 4.41. The van der Waals surface area contributed by atoms with E-state index in [0.29, 0.717) is 18.1 Å².